The van der Waals surface area contributed by atoms with E-state index in [0.717, 1.165) is 15.9 Å². The highest BCUT2D eigenvalue weighted by atomic mass is 31.2. The Morgan fingerprint density at radius 2 is 1.03 bits per heavy atom. The molecule has 2 aliphatic rings. The summed E-state index contributed by atoms with van der Waals surface area (Å²) in [4.78, 5) is 0. The van der Waals surface area contributed by atoms with Crippen LogP contribution in [0.3, 0.4) is 0 Å². The van der Waals surface area contributed by atoms with E-state index in [-0.39, 0.29) is 18.4 Å². The van der Waals surface area contributed by atoms with E-state index in [1.165, 1.54) is 27.6 Å². The van der Waals surface area contributed by atoms with Gasteiger partial charge in [0.25, 0.3) is 0 Å². The van der Waals surface area contributed by atoms with E-state index in [9.17, 15) is 0 Å². The fourth-order valence-electron chi connectivity index (χ4n) is 6.56. The average Bonchev–Trinajstić information content (AvgIpc) is 3.24. The van der Waals surface area contributed by atoms with Crippen molar-refractivity contribution in [2.24, 2.45) is 0 Å². The van der Waals surface area contributed by atoms with Crippen molar-refractivity contribution in [3.63, 3.8) is 0 Å². The Labute approximate surface area is 206 Å². The fourth-order valence-corrected chi connectivity index (χ4v) is 9.73. The molecule has 3 heteroatoms. The molecular weight excluding hydrogens is 442 g/mol. The third kappa shape index (κ3) is 2.93. The summed E-state index contributed by atoms with van der Waals surface area (Å²) >= 11 is 0. The Hall–Kier alpha value is -3.61. The van der Waals surface area contributed by atoms with Crippen LogP contribution in [0.25, 0.3) is 0 Å². The predicted octanol–water partition coefficient (Wildman–Crippen LogP) is 4.72. The number of fused-ring (bicyclic) bond motifs is 7. The van der Waals surface area contributed by atoms with Crippen LogP contribution in [0, 0.1) is 0 Å². The first-order valence-corrected chi connectivity index (χ1v) is 14.0. The zero-order chi connectivity index (χ0) is 23.4. The van der Waals surface area contributed by atoms with Gasteiger partial charge in [-0.05, 0) is 22.5 Å². The number of rotatable bonds is 2. The second-order valence-electron chi connectivity index (χ2n) is 9.58. The maximum atomic E-state index is 15.5. The molecule has 0 aromatic heterocycles. The van der Waals surface area contributed by atoms with Crippen LogP contribution in [0.2, 0.25) is 0 Å². The summed E-state index contributed by atoms with van der Waals surface area (Å²) < 4.78 is 15.5. The Morgan fingerprint density at radius 1 is 0.514 bits per heavy atom. The topological polar surface area (TPSA) is 17.1 Å². The van der Waals surface area contributed by atoms with Crippen molar-refractivity contribution < 1.29 is 4.57 Å². The van der Waals surface area contributed by atoms with Crippen molar-refractivity contribution in [1.82, 2.24) is 0 Å². The van der Waals surface area contributed by atoms with E-state index in [2.05, 4.69) is 97.1 Å². The number of hydrogen-bond donors (Lipinski definition) is 0. The molecule has 0 spiro atoms. The lowest BCUT2D eigenvalue weighted by molar-refractivity contribution is 0.592. The van der Waals surface area contributed by atoms with Gasteiger partial charge in [0.05, 0.1) is 0 Å². The van der Waals surface area contributed by atoms with Crippen LogP contribution in [0.15, 0.2) is 133 Å². The molecule has 7 rings (SSSR count). The van der Waals surface area contributed by atoms with Crippen molar-refractivity contribution in [2.45, 2.75) is 11.7 Å². The van der Waals surface area contributed by atoms with Gasteiger partial charge in [-0.2, -0.15) is 0 Å². The third-order valence-electron chi connectivity index (χ3n) is 7.91. The zero-order valence-corrected chi connectivity index (χ0v) is 20.2. The lowest BCUT2D eigenvalue weighted by Gasteiger charge is -2.25. The molecule has 0 aliphatic carbocycles. The fraction of sp³-hybridized carbons (Fsp3) is 0.0625. The van der Waals surface area contributed by atoms with Crippen LogP contribution < -0.4 is 26.8 Å². The zero-order valence-electron chi connectivity index (χ0n) is 19.3. The van der Waals surface area contributed by atoms with Crippen LogP contribution in [0.5, 0.6) is 0 Å². The summed E-state index contributed by atoms with van der Waals surface area (Å²) in [5.41, 5.74) is 6.47. The van der Waals surface area contributed by atoms with Crippen LogP contribution in [-0.4, -0.2) is 6.71 Å². The van der Waals surface area contributed by atoms with E-state index in [1.54, 1.807) is 0 Å². The molecular formula is C32H24BOP. The summed E-state index contributed by atoms with van der Waals surface area (Å²) in [5, 5.41) is 2.87. The van der Waals surface area contributed by atoms with Crippen LogP contribution >= 0.6 is 7.14 Å². The van der Waals surface area contributed by atoms with Gasteiger partial charge in [-0.1, -0.05) is 144 Å². The second-order valence-corrected chi connectivity index (χ2v) is 12.3. The molecule has 3 atom stereocenters. The molecule has 35 heavy (non-hydrogen) atoms. The van der Waals surface area contributed by atoms with E-state index < -0.39 is 7.14 Å². The highest BCUT2D eigenvalue weighted by molar-refractivity contribution is 7.85. The Morgan fingerprint density at radius 3 is 1.74 bits per heavy atom. The molecule has 0 saturated heterocycles. The maximum absolute atomic E-state index is 15.5. The minimum absolute atomic E-state index is 0.147. The first-order valence-electron chi connectivity index (χ1n) is 12.3. The molecule has 5 aromatic carbocycles. The van der Waals surface area contributed by atoms with Gasteiger partial charge in [0.1, 0.15) is 0 Å². The first kappa shape index (κ1) is 20.7. The number of benzene rings is 5. The van der Waals surface area contributed by atoms with E-state index in [1.807, 2.05) is 36.4 Å². The monoisotopic (exact) mass is 466 g/mol. The molecule has 0 saturated carbocycles. The predicted molar refractivity (Wildman–Crippen MR) is 148 cm³/mol. The maximum Gasteiger partial charge on any atom is 0.218 e. The molecule has 0 radical (unpaired) electrons. The minimum Gasteiger partial charge on any atom is -0.309 e. The lowest BCUT2D eigenvalue weighted by atomic mass is 9.34. The molecule has 1 nitrogen and oxygen atoms in total. The van der Waals surface area contributed by atoms with Crippen molar-refractivity contribution in [3.05, 3.63) is 150 Å². The van der Waals surface area contributed by atoms with Gasteiger partial charge in [-0.3, -0.25) is 0 Å². The molecule has 3 unspecified atom stereocenters. The van der Waals surface area contributed by atoms with E-state index in [4.69, 9.17) is 0 Å². The summed E-state index contributed by atoms with van der Waals surface area (Å²) in [6.45, 7) is 0.203. The molecule has 2 aliphatic heterocycles. The van der Waals surface area contributed by atoms with Crippen molar-refractivity contribution >= 4 is 40.7 Å². The third-order valence-corrected chi connectivity index (χ3v) is 11.1. The second kappa shape index (κ2) is 7.97. The molecule has 0 fully saturated rings. The van der Waals surface area contributed by atoms with Crippen molar-refractivity contribution in [2.75, 3.05) is 0 Å². The molecule has 2 heterocycles. The highest BCUT2D eigenvalue weighted by Crippen LogP contribution is 2.54. The lowest BCUT2D eigenvalue weighted by Crippen LogP contribution is -2.45. The van der Waals surface area contributed by atoms with Crippen molar-refractivity contribution in [3.8, 4) is 0 Å². The van der Waals surface area contributed by atoms with E-state index >= 15 is 4.57 Å². The smallest absolute Gasteiger partial charge is 0.218 e. The van der Waals surface area contributed by atoms with Gasteiger partial charge in [0.2, 0.25) is 6.71 Å². The van der Waals surface area contributed by atoms with Gasteiger partial charge in [-0.15, -0.1) is 0 Å². The van der Waals surface area contributed by atoms with E-state index in [0.29, 0.717) is 0 Å². The van der Waals surface area contributed by atoms with Gasteiger partial charge >= 0.3 is 0 Å². The standard InChI is InChI=1S/C32H24BOP/c34-35(24-15-5-2-6-16-24)29-21-11-8-18-26(29)31-25-17-7-10-20-28(25)33(23-13-3-1-4-14-23)32(31)27-19-9-12-22-30(27)35/h1-22,31-32H. The summed E-state index contributed by atoms with van der Waals surface area (Å²) in [6.07, 6.45) is 0. The molecule has 0 bridgehead atoms. The van der Waals surface area contributed by atoms with Crippen LogP contribution in [0.4, 0.5) is 0 Å². The molecule has 5 aromatic rings. The summed E-state index contributed by atoms with van der Waals surface area (Å²) in [5.74, 6) is 0.319. The Bertz CT molecular complexity index is 1590. The number of hydrogen-bond acceptors (Lipinski definition) is 1. The molecule has 166 valence electrons. The molecule has 0 amide bonds. The first-order chi connectivity index (χ1) is 17.3. The van der Waals surface area contributed by atoms with Crippen LogP contribution in [0.1, 0.15) is 28.4 Å². The largest absolute Gasteiger partial charge is 0.309 e. The quantitative estimate of drug-likeness (QED) is 0.272. The average molecular weight is 466 g/mol. The van der Waals surface area contributed by atoms with Gasteiger partial charge < -0.3 is 4.57 Å². The van der Waals surface area contributed by atoms with Gasteiger partial charge in [0.15, 0.2) is 7.14 Å². The van der Waals surface area contributed by atoms with Gasteiger partial charge in [0, 0.05) is 21.8 Å². The van der Waals surface area contributed by atoms with Crippen LogP contribution in [-0.2, 0) is 4.57 Å². The molecule has 0 N–H and O–H groups in total. The Balaban J connectivity index is 1.62. The van der Waals surface area contributed by atoms with Crippen molar-refractivity contribution in [1.29, 1.82) is 0 Å². The summed E-state index contributed by atoms with van der Waals surface area (Å²) in [6, 6.07) is 46.9. The van der Waals surface area contributed by atoms with Gasteiger partial charge in [-0.25, -0.2) is 0 Å². The highest BCUT2D eigenvalue weighted by Gasteiger charge is 2.51. The normalized spacial score (nSPS) is 21.9. The minimum atomic E-state index is -3.07. The SMILES string of the molecule is O=P1(c2ccccc2)c2ccccc2C2B(c3ccccc3)c3ccccc3C2c2ccccc21. The Kier molecular flexibility index (Phi) is 4.72. The summed E-state index contributed by atoms with van der Waals surface area (Å²) in [7, 11) is -3.07.